The van der Waals surface area contributed by atoms with Crippen LogP contribution >= 0.6 is 0 Å². The third kappa shape index (κ3) is 2.85. The number of hydrogen-bond acceptors (Lipinski definition) is 8. The molecule has 0 atom stereocenters. The van der Waals surface area contributed by atoms with E-state index in [0.717, 1.165) is 16.9 Å². The Kier molecular flexibility index (Phi) is 4.32. The Morgan fingerprint density at radius 2 is 2.10 bits per heavy atom. The van der Waals surface area contributed by atoms with Gasteiger partial charge in [-0.05, 0) is 18.2 Å². The van der Waals surface area contributed by atoms with Crippen LogP contribution in [0.1, 0.15) is 11.1 Å². The summed E-state index contributed by atoms with van der Waals surface area (Å²) >= 11 is 0. The number of nitrogens with one attached hydrogen (secondary N) is 2. The lowest BCUT2D eigenvalue weighted by molar-refractivity contribution is 0.356. The first-order valence-electron chi connectivity index (χ1n) is 9.38. The Hall–Kier alpha value is -3.92. The van der Waals surface area contributed by atoms with Crippen LogP contribution in [0, 0.1) is 5.82 Å². The van der Waals surface area contributed by atoms with Crippen LogP contribution in [0.2, 0.25) is 0 Å². The Balaban J connectivity index is 1.52. The summed E-state index contributed by atoms with van der Waals surface area (Å²) in [6, 6.07) is 8.53. The van der Waals surface area contributed by atoms with E-state index in [4.69, 9.17) is 16.3 Å². The molecule has 152 valence electrons. The van der Waals surface area contributed by atoms with Crippen LogP contribution < -0.4 is 27.1 Å². The Labute approximate surface area is 170 Å². The van der Waals surface area contributed by atoms with Crippen LogP contribution in [0.4, 0.5) is 21.7 Å². The van der Waals surface area contributed by atoms with Gasteiger partial charge in [0, 0.05) is 41.4 Å². The lowest BCUT2D eigenvalue weighted by Crippen LogP contribution is -2.12. The molecule has 0 aliphatic carbocycles. The van der Waals surface area contributed by atoms with E-state index >= 15 is 0 Å². The molecule has 10 heteroatoms. The van der Waals surface area contributed by atoms with Crippen molar-refractivity contribution < 1.29 is 9.13 Å². The van der Waals surface area contributed by atoms with Gasteiger partial charge in [-0.2, -0.15) is 0 Å². The van der Waals surface area contributed by atoms with E-state index in [-0.39, 0.29) is 12.4 Å². The SMILES string of the molecule is NNc1c(N)cccc1-c1cnc(NCc2c(F)ccc3c2CCO3)n2cnnc12. The van der Waals surface area contributed by atoms with Gasteiger partial charge in [-0.25, -0.2) is 9.37 Å². The first kappa shape index (κ1) is 18.1. The maximum absolute atomic E-state index is 14.4. The summed E-state index contributed by atoms with van der Waals surface area (Å²) < 4.78 is 21.7. The number of hydrogen-bond donors (Lipinski definition) is 4. The number of aromatic nitrogens is 4. The topological polar surface area (TPSA) is 128 Å². The summed E-state index contributed by atoms with van der Waals surface area (Å²) in [6.07, 6.45) is 3.89. The van der Waals surface area contributed by atoms with Crippen molar-refractivity contribution in [3.8, 4) is 16.9 Å². The molecule has 2 aromatic heterocycles. The number of para-hydroxylation sites is 1. The number of halogens is 1. The normalized spacial score (nSPS) is 12.6. The van der Waals surface area contributed by atoms with E-state index in [2.05, 4.69) is 25.9 Å². The van der Waals surface area contributed by atoms with Gasteiger partial charge in [-0.3, -0.25) is 10.2 Å². The smallest absolute Gasteiger partial charge is 0.210 e. The van der Waals surface area contributed by atoms with Gasteiger partial charge in [0.2, 0.25) is 5.95 Å². The van der Waals surface area contributed by atoms with E-state index in [1.54, 1.807) is 29.1 Å². The minimum Gasteiger partial charge on any atom is -0.493 e. The molecule has 0 fully saturated rings. The monoisotopic (exact) mass is 406 g/mol. The van der Waals surface area contributed by atoms with Crippen LogP contribution in [0.15, 0.2) is 42.9 Å². The molecule has 0 saturated heterocycles. The third-order valence-corrected chi connectivity index (χ3v) is 5.23. The summed E-state index contributed by atoms with van der Waals surface area (Å²) in [5.74, 6) is 6.60. The minimum absolute atomic E-state index is 0.256. The van der Waals surface area contributed by atoms with E-state index in [9.17, 15) is 4.39 Å². The predicted molar refractivity (Wildman–Crippen MR) is 111 cm³/mol. The number of fused-ring (bicyclic) bond motifs is 2. The highest BCUT2D eigenvalue weighted by atomic mass is 19.1. The van der Waals surface area contributed by atoms with Gasteiger partial charge in [0.1, 0.15) is 17.9 Å². The highest BCUT2D eigenvalue weighted by Gasteiger charge is 2.20. The fourth-order valence-corrected chi connectivity index (χ4v) is 3.77. The van der Waals surface area contributed by atoms with E-state index in [0.29, 0.717) is 47.1 Å². The zero-order valence-corrected chi connectivity index (χ0v) is 15.9. The molecule has 1 aliphatic rings. The lowest BCUT2D eigenvalue weighted by Gasteiger charge is -2.14. The van der Waals surface area contributed by atoms with Crippen LogP contribution in [0.3, 0.4) is 0 Å². The molecule has 0 unspecified atom stereocenters. The van der Waals surface area contributed by atoms with Gasteiger partial charge < -0.3 is 21.2 Å². The molecule has 4 aromatic rings. The van der Waals surface area contributed by atoms with Crippen molar-refractivity contribution >= 4 is 23.0 Å². The first-order valence-corrected chi connectivity index (χ1v) is 9.38. The van der Waals surface area contributed by atoms with E-state index in [1.807, 2.05) is 12.1 Å². The zero-order chi connectivity index (χ0) is 20.7. The molecule has 0 bridgehead atoms. The van der Waals surface area contributed by atoms with Crippen molar-refractivity contribution in [2.45, 2.75) is 13.0 Å². The van der Waals surface area contributed by atoms with Crippen LogP contribution in [0.25, 0.3) is 16.8 Å². The average molecular weight is 406 g/mol. The second kappa shape index (κ2) is 7.16. The van der Waals surface area contributed by atoms with Crippen molar-refractivity contribution in [1.29, 1.82) is 0 Å². The number of hydrazine groups is 1. The van der Waals surface area contributed by atoms with Crippen molar-refractivity contribution in [2.75, 3.05) is 23.1 Å². The first-order chi connectivity index (χ1) is 14.7. The van der Waals surface area contributed by atoms with Crippen LogP contribution in [-0.4, -0.2) is 26.2 Å². The minimum atomic E-state index is -0.276. The number of rotatable bonds is 5. The molecule has 0 radical (unpaired) electrons. The largest absolute Gasteiger partial charge is 0.493 e. The highest BCUT2D eigenvalue weighted by molar-refractivity contribution is 5.91. The third-order valence-electron chi connectivity index (χ3n) is 5.23. The maximum Gasteiger partial charge on any atom is 0.210 e. The highest BCUT2D eigenvalue weighted by Crippen LogP contribution is 2.34. The molecule has 30 heavy (non-hydrogen) atoms. The van der Waals surface area contributed by atoms with Crippen molar-refractivity contribution in [3.63, 3.8) is 0 Å². The van der Waals surface area contributed by atoms with Crippen LogP contribution in [-0.2, 0) is 13.0 Å². The summed E-state index contributed by atoms with van der Waals surface area (Å²) in [6.45, 7) is 0.817. The molecule has 0 spiro atoms. The molecule has 5 rings (SSSR count). The number of benzene rings is 2. The standard InChI is InChI=1S/C20H19FN8O/c21-15-4-5-17-11(6-7-30-17)13(15)8-24-20-25-9-14(19-28-26-10-29(19)20)12-2-1-3-16(22)18(12)27-23/h1-5,9-10,27H,6-8,22-23H2,(H,24,25). The molecular formula is C20H19FN8O. The molecule has 0 amide bonds. The Morgan fingerprint density at radius 3 is 2.97 bits per heavy atom. The van der Waals surface area contributed by atoms with Crippen molar-refractivity contribution in [1.82, 2.24) is 19.6 Å². The van der Waals surface area contributed by atoms with Gasteiger partial charge >= 0.3 is 0 Å². The number of ether oxygens (including phenoxy) is 1. The molecular weight excluding hydrogens is 387 g/mol. The summed E-state index contributed by atoms with van der Waals surface area (Å²) in [5, 5.41) is 11.4. The second-order valence-electron chi connectivity index (χ2n) is 6.89. The number of nitrogens with two attached hydrogens (primary N) is 2. The summed E-state index contributed by atoms with van der Waals surface area (Å²) in [4.78, 5) is 4.51. The molecule has 9 nitrogen and oxygen atoms in total. The van der Waals surface area contributed by atoms with Crippen LogP contribution in [0.5, 0.6) is 5.75 Å². The van der Waals surface area contributed by atoms with E-state index in [1.165, 1.54) is 6.07 Å². The van der Waals surface area contributed by atoms with Gasteiger partial charge in [0.25, 0.3) is 0 Å². The fourth-order valence-electron chi connectivity index (χ4n) is 3.77. The van der Waals surface area contributed by atoms with Gasteiger partial charge in [0.05, 0.1) is 18.0 Å². The number of anilines is 3. The number of nitrogens with zero attached hydrogens (tertiary/aromatic N) is 4. The van der Waals surface area contributed by atoms with Gasteiger partial charge in [-0.15, -0.1) is 10.2 Å². The van der Waals surface area contributed by atoms with Crippen molar-refractivity contribution in [2.24, 2.45) is 5.84 Å². The van der Waals surface area contributed by atoms with E-state index < -0.39 is 0 Å². The maximum atomic E-state index is 14.4. The second-order valence-corrected chi connectivity index (χ2v) is 6.89. The Morgan fingerprint density at radius 1 is 1.20 bits per heavy atom. The summed E-state index contributed by atoms with van der Waals surface area (Å²) in [7, 11) is 0. The quantitative estimate of drug-likeness (QED) is 0.226. The molecule has 3 heterocycles. The van der Waals surface area contributed by atoms with Gasteiger partial charge in [0.15, 0.2) is 5.65 Å². The number of nitrogen functional groups attached to an aromatic ring is 2. The Bertz CT molecular complexity index is 1260. The van der Waals surface area contributed by atoms with Gasteiger partial charge in [-0.1, -0.05) is 12.1 Å². The van der Waals surface area contributed by atoms with Crippen molar-refractivity contribution in [3.05, 3.63) is 59.8 Å². The predicted octanol–water partition coefficient (Wildman–Crippen LogP) is 2.35. The average Bonchev–Trinajstić information content (AvgIpc) is 3.42. The molecule has 0 saturated carbocycles. The lowest BCUT2D eigenvalue weighted by atomic mass is 10.0. The summed E-state index contributed by atoms with van der Waals surface area (Å²) in [5.41, 5.74) is 13.2. The molecule has 1 aliphatic heterocycles. The fraction of sp³-hybridized carbons (Fsp3) is 0.150. The molecule has 6 N–H and O–H groups in total. The zero-order valence-electron chi connectivity index (χ0n) is 15.9. The molecule has 2 aromatic carbocycles.